The van der Waals surface area contributed by atoms with Gasteiger partial charge in [-0.15, -0.1) is 0 Å². The Kier molecular flexibility index (Phi) is 4.30. The minimum atomic E-state index is -1.09. The van der Waals surface area contributed by atoms with Crippen LogP contribution in [-0.2, 0) is 0 Å². The van der Waals surface area contributed by atoms with Gasteiger partial charge in [0, 0.05) is 0 Å². The standard InChI is InChI=1S/C14H11ClN2O4/c15-10-5-4-8(14(20)21)6-11(10)17-16-7-9-2-1-3-12(18)13(9)19/h1-7,17-19H,(H,20,21)/p-1/b16-7+. The van der Waals surface area contributed by atoms with Crippen molar-refractivity contribution in [3.63, 3.8) is 0 Å². The number of carboxylic acid groups (broad SMARTS) is 1. The Morgan fingerprint density at radius 3 is 2.81 bits per heavy atom. The van der Waals surface area contributed by atoms with Crippen LogP contribution >= 0.6 is 11.6 Å². The Hall–Kier alpha value is -2.73. The molecule has 108 valence electrons. The second kappa shape index (κ2) is 6.15. The van der Waals surface area contributed by atoms with Crippen molar-refractivity contribution in [1.82, 2.24) is 0 Å². The minimum Gasteiger partial charge on any atom is -0.870 e. The Labute approximate surface area is 124 Å². The third-order valence-corrected chi connectivity index (χ3v) is 2.96. The number of carbonyl (C=O) groups is 1. The Bertz CT molecular complexity index is 716. The fourth-order valence-corrected chi connectivity index (χ4v) is 1.72. The van der Waals surface area contributed by atoms with Crippen LogP contribution in [-0.4, -0.2) is 22.4 Å². The van der Waals surface area contributed by atoms with Gasteiger partial charge in [-0.2, -0.15) is 5.10 Å². The first-order valence-corrected chi connectivity index (χ1v) is 6.17. The molecule has 3 N–H and O–H groups in total. The normalized spacial score (nSPS) is 10.7. The molecule has 2 rings (SSSR count). The zero-order valence-corrected chi connectivity index (χ0v) is 11.3. The molecular formula is C14H10ClN2O4-. The van der Waals surface area contributed by atoms with Gasteiger partial charge in [-0.3, -0.25) is 5.43 Å². The minimum absolute atomic E-state index is 0.0546. The predicted molar refractivity (Wildman–Crippen MR) is 77.2 cm³/mol. The zero-order chi connectivity index (χ0) is 15.4. The number of hydrogen-bond acceptors (Lipinski definition) is 5. The van der Waals surface area contributed by atoms with Crippen LogP contribution < -0.4 is 10.5 Å². The van der Waals surface area contributed by atoms with E-state index in [9.17, 15) is 15.0 Å². The average Bonchev–Trinajstić information content (AvgIpc) is 2.45. The van der Waals surface area contributed by atoms with Crippen LogP contribution in [0.25, 0.3) is 0 Å². The van der Waals surface area contributed by atoms with Crippen LogP contribution in [0.4, 0.5) is 5.69 Å². The summed E-state index contributed by atoms with van der Waals surface area (Å²) in [6.45, 7) is 0. The lowest BCUT2D eigenvalue weighted by atomic mass is 10.2. The summed E-state index contributed by atoms with van der Waals surface area (Å²) in [7, 11) is 0. The lowest BCUT2D eigenvalue weighted by Gasteiger charge is -2.11. The third kappa shape index (κ3) is 3.43. The quantitative estimate of drug-likeness (QED) is 0.593. The van der Waals surface area contributed by atoms with E-state index < -0.39 is 11.7 Å². The van der Waals surface area contributed by atoms with Crippen LogP contribution in [0.15, 0.2) is 41.5 Å². The molecule has 0 saturated heterocycles. The smallest absolute Gasteiger partial charge is 0.335 e. The fraction of sp³-hybridized carbons (Fsp3) is 0. The molecule has 7 heteroatoms. The number of benzene rings is 2. The highest BCUT2D eigenvalue weighted by Gasteiger charge is 2.06. The van der Waals surface area contributed by atoms with Gasteiger partial charge in [0.1, 0.15) is 5.75 Å². The Balaban J connectivity index is 2.19. The molecule has 6 nitrogen and oxygen atoms in total. The summed E-state index contributed by atoms with van der Waals surface area (Å²) < 4.78 is 0. The molecule has 21 heavy (non-hydrogen) atoms. The van der Waals surface area contributed by atoms with E-state index in [1.165, 1.54) is 42.6 Å². The molecular weight excluding hydrogens is 296 g/mol. The molecule has 0 amide bonds. The number of hydrogen-bond donors (Lipinski definition) is 3. The monoisotopic (exact) mass is 305 g/mol. The molecule has 0 aliphatic heterocycles. The lowest BCUT2D eigenvalue weighted by molar-refractivity contribution is -0.270. The van der Waals surface area contributed by atoms with E-state index in [4.69, 9.17) is 16.7 Å². The van der Waals surface area contributed by atoms with E-state index in [0.717, 1.165) is 0 Å². The molecule has 0 atom stereocenters. The van der Waals surface area contributed by atoms with E-state index in [2.05, 4.69) is 10.5 Å². The van der Waals surface area contributed by atoms with Crippen molar-refractivity contribution in [2.24, 2.45) is 5.10 Å². The molecule has 0 radical (unpaired) electrons. The van der Waals surface area contributed by atoms with Gasteiger partial charge in [-0.1, -0.05) is 29.5 Å². The van der Waals surface area contributed by atoms with Gasteiger partial charge in [0.15, 0.2) is 0 Å². The van der Waals surface area contributed by atoms with E-state index in [1.54, 1.807) is 0 Å². The van der Waals surface area contributed by atoms with Crippen LogP contribution in [0.2, 0.25) is 5.02 Å². The van der Waals surface area contributed by atoms with Crippen LogP contribution in [0.1, 0.15) is 15.9 Å². The fourth-order valence-electron chi connectivity index (χ4n) is 1.56. The Morgan fingerprint density at radius 2 is 2.10 bits per heavy atom. The first kappa shape index (κ1) is 14.7. The number of phenolic OH excluding ortho intramolecular Hbond substituents is 1. The topological polar surface area (TPSA) is 105 Å². The highest BCUT2D eigenvalue weighted by atomic mass is 35.5. The van der Waals surface area contributed by atoms with Gasteiger partial charge >= 0.3 is 5.97 Å². The predicted octanol–water partition coefficient (Wildman–Crippen LogP) is 2.26. The van der Waals surface area contributed by atoms with Crippen molar-refractivity contribution in [3.8, 4) is 11.5 Å². The first-order chi connectivity index (χ1) is 9.99. The average molecular weight is 306 g/mol. The molecule has 0 fully saturated rings. The summed E-state index contributed by atoms with van der Waals surface area (Å²) in [5.74, 6) is -2.01. The number of para-hydroxylation sites is 1. The number of carboxylic acids is 1. The lowest BCUT2D eigenvalue weighted by Crippen LogP contribution is -2.00. The van der Waals surface area contributed by atoms with Crippen molar-refractivity contribution in [2.75, 3.05) is 5.43 Å². The SMILES string of the molecule is O=C(O)c1ccc(Cl)c(N/N=C/c2cccc(O)c2[O-])c1. The van der Waals surface area contributed by atoms with Crippen molar-refractivity contribution < 1.29 is 20.1 Å². The van der Waals surface area contributed by atoms with E-state index in [1.807, 2.05) is 0 Å². The van der Waals surface area contributed by atoms with Crippen molar-refractivity contribution in [2.45, 2.75) is 0 Å². The largest absolute Gasteiger partial charge is 0.870 e. The molecule has 0 saturated carbocycles. The number of aromatic hydroxyl groups is 1. The number of anilines is 1. The summed E-state index contributed by atoms with van der Waals surface area (Å²) in [5, 5.41) is 33.8. The van der Waals surface area contributed by atoms with Crippen LogP contribution in [0, 0.1) is 0 Å². The Morgan fingerprint density at radius 1 is 1.33 bits per heavy atom. The maximum absolute atomic E-state index is 11.5. The second-order valence-corrected chi connectivity index (χ2v) is 4.47. The van der Waals surface area contributed by atoms with E-state index >= 15 is 0 Å². The third-order valence-electron chi connectivity index (χ3n) is 2.63. The zero-order valence-electron chi connectivity index (χ0n) is 10.6. The summed E-state index contributed by atoms with van der Waals surface area (Å²) in [5.41, 5.74) is 3.09. The van der Waals surface area contributed by atoms with Gasteiger partial charge in [0.2, 0.25) is 0 Å². The van der Waals surface area contributed by atoms with E-state index in [0.29, 0.717) is 5.69 Å². The number of nitrogens with one attached hydrogen (secondary N) is 1. The van der Waals surface area contributed by atoms with E-state index in [-0.39, 0.29) is 21.9 Å². The molecule has 0 spiro atoms. The number of aromatic carboxylic acids is 1. The van der Waals surface area contributed by atoms with Gasteiger partial charge in [-0.25, -0.2) is 4.79 Å². The van der Waals surface area contributed by atoms with Crippen molar-refractivity contribution >= 4 is 29.5 Å². The maximum Gasteiger partial charge on any atom is 0.335 e. The number of hydrazone groups is 1. The highest BCUT2D eigenvalue weighted by molar-refractivity contribution is 6.33. The number of nitrogens with zero attached hydrogens (tertiary/aromatic N) is 1. The summed E-state index contributed by atoms with van der Waals surface area (Å²) in [4.78, 5) is 10.9. The molecule has 0 aliphatic carbocycles. The molecule has 0 aliphatic rings. The molecule has 2 aromatic rings. The molecule has 0 unspecified atom stereocenters. The van der Waals surface area contributed by atoms with Crippen molar-refractivity contribution in [3.05, 3.63) is 52.5 Å². The van der Waals surface area contributed by atoms with Gasteiger partial charge < -0.3 is 15.3 Å². The molecule has 2 aromatic carbocycles. The summed E-state index contributed by atoms with van der Waals surface area (Å²) in [6.07, 6.45) is 1.21. The van der Waals surface area contributed by atoms with Gasteiger partial charge in [-0.05, 0) is 29.8 Å². The molecule has 0 aromatic heterocycles. The molecule has 0 bridgehead atoms. The summed E-state index contributed by atoms with van der Waals surface area (Å²) >= 11 is 5.91. The highest BCUT2D eigenvalue weighted by Crippen LogP contribution is 2.25. The first-order valence-electron chi connectivity index (χ1n) is 5.80. The van der Waals surface area contributed by atoms with Gasteiger partial charge in [0.05, 0.1) is 22.5 Å². The van der Waals surface area contributed by atoms with Crippen LogP contribution in [0.3, 0.4) is 0 Å². The van der Waals surface area contributed by atoms with Gasteiger partial charge in [0.25, 0.3) is 0 Å². The molecule has 0 heterocycles. The van der Waals surface area contributed by atoms with Crippen molar-refractivity contribution in [1.29, 1.82) is 0 Å². The maximum atomic E-state index is 11.5. The van der Waals surface area contributed by atoms with Crippen LogP contribution in [0.5, 0.6) is 11.5 Å². The second-order valence-electron chi connectivity index (χ2n) is 4.07. The number of phenols is 1. The number of rotatable bonds is 4. The number of halogens is 1. The summed E-state index contributed by atoms with van der Waals surface area (Å²) in [6, 6.07) is 8.39.